The van der Waals surface area contributed by atoms with Gasteiger partial charge in [-0.1, -0.05) is 43.2 Å². The molecular formula is C15H17NO2. The average molecular weight is 243 g/mol. The lowest BCUT2D eigenvalue weighted by Gasteiger charge is -2.19. The van der Waals surface area contributed by atoms with Crippen molar-refractivity contribution in [1.29, 1.82) is 0 Å². The van der Waals surface area contributed by atoms with Crippen LogP contribution in [0, 0.1) is 11.8 Å². The zero-order valence-electron chi connectivity index (χ0n) is 10.3. The molecule has 0 unspecified atom stereocenters. The lowest BCUT2D eigenvalue weighted by molar-refractivity contribution is -0.140. The lowest BCUT2D eigenvalue weighted by atomic mass is 9.81. The second kappa shape index (κ2) is 4.56. The number of fused-ring (bicyclic) bond motifs is 1. The molecule has 2 amide bonds. The quantitative estimate of drug-likeness (QED) is 0.748. The van der Waals surface area contributed by atoms with E-state index in [1.165, 1.54) is 4.90 Å². The number of benzene rings is 1. The number of imide groups is 1. The Labute approximate surface area is 107 Å². The molecule has 1 heterocycles. The van der Waals surface area contributed by atoms with Gasteiger partial charge in [0.1, 0.15) is 0 Å². The van der Waals surface area contributed by atoms with Crippen LogP contribution in [0.4, 0.5) is 0 Å². The molecule has 94 valence electrons. The molecule has 18 heavy (non-hydrogen) atoms. The fraction of sp³-hybridized carbons (Fsp3) is 0.467. The van der Waals surface area contributed by atoms with E-state index in [1.807, 2.05) is 30.3 Å². The first-order chi connectivity index (χ1) is 8.77. The highest BCUT2D eigenvalue weighted by molar-refractivity contribution is 6.05. The second-order valence-electron chi connectivity index (χ2n) is 5.25. The molecule has 1 aliphatic carbocycles. The maximum atomic E-state index is 12.3. The van der Waals surface area contributed by atoms with Crippen LogP contribution < -0.4 is 0 Å². The number of amides is 2. The van der Waals surface area contributed by atoms with Crippen molar-refractivity contribution in [1.82, 2.24) is 4.90 Å². The van der Waals surface area contributed by atoms with Crippen molar-refractivity contribution in [3.63, 3.8) is 0 Å². The third-order valence-electron chi connectivity index (χ3n) is 4.12. The summed E-state index contributed by atoms with van der Waals surface area (Å²) in [7, 11) is 0. The molecule has 0 bridgehead atoms. The summed E-state index contributed by atoms with van der Waals surface area (Å²) in [5, 5.41) is 0. The highest BCUT2D eigenvalue weighted by Gasteiger charge is 2.47. The molecule has 3 heteroatoms. The first kappa shape index (κ1) is 11.5. The van der Waals surface area contributed by atoms with Gasteiger partial charge in [-0.15, -0.1) is 0 Å². The van der Waals surface area contributed by atoms with Crippen LogP contribution in [0.1, 0.15) is 31.2 Å². The molecule has 0 aromatic heterocycles. The highest BCUT2D eigenvalue weighted by Crippen LogP contribution is 2.38. The Bertz CT molecular complexity index is 445. The Balaban J connectivity index is 1.80. The van der Waals surface area contributed by atoms with Gasteiger partial charge < -0.3 is 0 Å². The Morgan fingerprint density at radius 3 is 2.06 bits per heavy atom. The van der Waals surface area contributed by atoms with Gasteiger partial charge in [-0.3, -0.25) is 14.5 Å². The number of rotatable bonds is 2. The normalized spacial score (nSPS) is 27.4. The van der Waals surface area contributed by atoms with Crippen LogP contribution in [-0.4, -0.2) is 16.7 Å². The Morgan fingerprint density at radius 1 is 0.944 bits per heavy atom. The van der Waals surface area contributed by atoms with Crippen LogP contribution in [0.2, 0.25) is 0 Å². The number of carbonyl (C=O) groups is 2. The van der Waals surface area contributed by atoms with Crippen LogP contribution in [0.5, 0.6) is 0 Å². The van der Waals surface area contributed by atoms with Gasteiger partial charge in [-0.05, 0) is 18.4 Å². The third kappa shape index (κ3) is 1.84. The summed E-state index contributed by atoms with van der Waals surface area (Å²) in [4.78, 5) is 26.0. The Morgan fingerprint density at radius 2 is 1.50 bits per heavy atom. The summed E-state index contributed by atoms with van der Waals surface area (Å²) in [6.45, 7) is 0.436. The van der Waals surface area contributed by atoms with E-state index in [-0.39, 0.29) is 23.7 Å². The monoisotopic (exact) mass is 243 g/mol. The van der Waals surface area contributed by atoms with Gasteiger partial charge in [0, 0.05) is 0 Å². The number of hydrogen-bond donors (Lipinski definition) is 0. The number of hydrogen-bond acceptors (Lipinski definition) is 2. The van der Waals surface area contributed by atoms with E-state index < -0.39 is 0 Å². The van der Waals surface area contributed by atoms with Crippen LogP contribution in [0.3, 0.4) is 0 Å². The first-order valence-corrected chi connectivity index (χ1v) is 6.66. The van der Waals surface area contributed by atoms with Crippen LogP contribution in [0.25, 0.3) is 0 Å². The fourth-order valence-corrected chi connectivity index (χ4v) is 3.15. The van der Waals surface area contributed by atoms with Crippen LogP contribution >= 0.6 is 0 Å². The molecule has 1 aliphatic heterocycles. The Hall–Kier alpha value is -1.64. The van der Waals surface area contributed by atoms with Crippen molar-refractivity contribution >= 4 is 11.8 Å². The number of carbonyl (C=O) groups excluding carboxylic acids is 2. The van der Waals surface area contributed by atoms with E-state index in [4.69, 9.17) is 0 Å². The van der Waals surface area contributed by atoms with E-state index >= 15 is 0 Å². The predicted octanol–water partition coefficient (Wildman–Crippen LogP) is 2.36. The van der Waals surface area contributed by atoms with E-state index in [0.717, 1.165) is 31.2 Å². The molecule has 2 aliphatic rings. The third-order valence-corrected chi connectivity index (χ3v) is 4.12. The van der Waals surface area contributed by atoms with Crippen molar-refractivity contribution in [3.8, 4) is 0 Å². The van der Waals surface area contributed by atoms with E-state index in [0.29, 0.717) is 6.54 Å². The smallest absolute Gasteiger partial charge is 0.233 e. The lowest BCUT2D eigenvalue weighted by Crippen LogP contribution is -2.30. The minimum absolute atomic E-state index is 0.0324. The zero-order chi connectivity index (χ0) is 12.5. The first-order valence-electron chi connectivity index (χ1n) is 6.66. The summed E-state index contributed by atoms with van der Waals surface area (Å²) >= 11 is 0. The maximum Gasteiger partial charge on any atom is 0.233 e. The zero-order valence-corrected chi connectivity index (χ0v) is 10.3. The topological polar surface area (TPSA) is 37.4 Å². The molecule has 0 radical (unpaired) electrons. The SMILES string of the molecule is O=C1[C@H]2CCCC[C@@H]2C(=O)N1Cc1ccccc1. The van der Waals surface area contributed by atoms with Gasteiger partial charge in [-0.2, -0.15) is 0 Å². The largest absolute Gasteiger partial charge is 0.278 e. The predicted molar refractivity (Wildman–Crippen MR) is 67.4 cm³/mol. The molecule has 3 nitrogen and oxygen atoms in total. The molecule has 3 rings (SSSR count). The maximum absolute atomic E-state index is 12.3. The molecule has 2 fully saturated rings. The number of nitrogens with zero attached hydrogens (tertiary/aromatic N) is 1. The van der Waals surface area contributed by atoms with Crippen molar-refractivity contribution in [2.75, 3.05) is 0 Å². The van der Waals surface area contributed by atoms with Crippen molar-refractivity contribution in [3.05, 3.63) is 35.9 Å². The average Bonchev–Trinajstić information content (AvgIpc) is 2.66. The van der Waals surface area contributed by atoms with E-state index in [1.54, 1.807) is 0 Å². The number of likely N-dealkylation sites (tertiary alicyclic amines) is 1. The van der Waals surface area contributed by atoms with Crippen LogP contribution in [0.15, 0.2) is 30.3 Å². The van der Waals surface area contributed by atoms with Crippen molar-refractivity contribution < 1.29 is 9.59 Å². The highest BCUT2D eigenvalue weighted by atomic mass is 16.2. The van der Waals surface area contributed by atoms with Gasteiger partial charge >= 0.3 is 0 Å². The molecule has 2 atom stereocenters. The molecular weight excluding hydrogens is 226 g/mol. The summed E-state index contributed by atoms with van der Waals surface area (Å²) in [5.41, 5.74) is 1.03. The van der Waals surface area contributed by atoms with Crippen LogP contribution in [-0.2, 0) is 16.1 Å². The molecule has 1 saturated carbocycles. The Kier molecular flexibility index (Phi) is 2.90. The van der Waals surface area contributed by atoms with Gasteiger partial charge in [0.15, 0.2) is 0 Å². The minimum Gasteiger partial charge on any atom is -0.278 e. The van der Waals surface area contributed by atoms with Crippen molar-refractivity contribution in [2.45, 2.75) is 32.2 Å². The summed E-state index contributed by atoms with van der Waals surface area (Å²) in [6.07, 6.45) is 3.94. The molecule has 1 saturated heterocycles. The van der Waals surface area contributed by atoms with Gasteiger partial charge in [-0.25, -0.2) is 0 Å². The molecule has 1 aromatic carbocycles. The molecule has 0 N–H and O–H groups in total. The van der Waals surface area contributed by atoms with Crippen molar-refractivity contribution in [2.24, 2.45) is 11.8 Å². The minimum atomic E-state index is -0.0324. The summed E-state index contributed by atoms with van der Waals surface area (Å²) in [6, 6.07) is 9.74. The second-order valence-corrected chi connectivity index (χ2v) is 5.25. The standard InChI is InChI=1S/C15H17NO2/c17-14-12-8-4-5-9-13(12)15(18)16(14)10-11-6-2-1-3-7-11/h1-3,6-7,12-13H,4-5,8-10H2/t12-,13-/m0/s1. The fourth-order valence-electron chi connectivity index (χ4n) is 3.15. The summed E-state index contributed by atoms with van der Waals surface area (Å²) in [5.74, 6) is 0.0343. The molecule has 0 spiro atoms. The van der Waals surface area contributed by atoms with Gasteiger partial charge in [0.05, 0.1) is 18.4 Å². The van der Waals surface area contributed by atoms with Gasteiger partial charge in [0.2, 0.25) is 11.8 Å². The summed E-state index contributed by atoms with van der Waals surface area (Å²) < 4.78 is 0. The van der Waals surface area contributed by atoms with E-state index in [2.05, 4.69) is 0 Å². The van der Waals surface area contributed by atoms with Gasteiger partial charge in [0.25, 0.3) is 0 Å². The molecule has 1 aromatic rings. The van der Waals surface area contributed by atoms with E-state index in [9.17, 15) is 9.59 Å².